The van der Waals surface area contributed by atoms with Crippen LogP contribution in [-0.4, -0.2) is 12.3 Å². The van der Waals surface area contributed by atoms with Crippen molar-refractivity contribution in [2.24, 2.45) is 0 Å². The highest BCUT2D eigenvalue weighted by molar-refractivity contribution is 6.30. The van der Waals surface area contributed by atoms with Gasteiger partial charge in [0.25, 0.3) is 0 Å². The number of hydrogen-bond donors (Lipinski definition) is 0. The Labute approximate surface area is 90.6 Å². The van der Waals surface area contributed by atoms with Crippen LogP contribution in [0.4, 0.5) is 26.3 Å². The van der Waals surface area contributed by atoms with Crippen LogP contribution in [0.25, 0.3) is 0 Å². The molecule has 0 radical (unpaired) electrons. The van der Waals surface area contributed by atoms with E-state index >= 15 is 0 Å². The van der Waals surface area contributed by atoms with E-state index in [9.17, 15) is 26.3 Å². The zero-order valence-corrected chi connectivity index (χ0v) is 8.04. The second-order valence-corrected chi connectivity index (χ2v) is 3.08. The first kappa shape index (κ1) is 13.0. The van der Waals surface area contributed by atoms with Crippen molar-refractivity contribution >= 4 is 11.6 Å². The molecular formula is C8H3ClF6O. The first-order chi connectivity index (χ1) is 7.15. The summed E-state index contributed by atoms with van der Waals surface area (Å²) in [6, 6.07) is 2.57. The molecule has 0 aliphatic heterocycles. The minimum absolute atomic E-state index is 0.612. The van der Waals surface area contributed by atoms with Gasteiger partial charge in [-0.25, -0.2) is 4.39 Å². The second kappa shape index (κ2) is 4.04. The van der Waals surface area contributed by atoms with E-state index in [-0.39, 0.29) is 0 Å². The monoisotopic (exact) mass is 264 g/mol. The van der Waals surface area contributed by atoms with E-state index < -0.39 is 28.9 Å². The van der Waals surface area contributed by atoms with E-state index in [0.717, 1.165) is 12.1 Å². The molecule has 1 nitrogen and oxygen atoms in total. The Hall–Kier alpha value is -1.11. The minimum atomic E-state index is -5.93. The van der Waals surface area contributed by atoms with Crippen molar-refractivity contribution in [2.75, 3.05) is 0 Å². The third kappa shape index (κ3) is 2.52. The van der Waals surface area contributed by atoms with Gasteiger partial charge in [0, 0.05) is 0 Å². The molecule has 0 bridgehead atoms. The minimum Gasteiger partial charge on any atom is -0.423 e. The van der Waals surface area contributed by atoms with Crippen LogP contribution in [0.15, 0.2) is 18.2 Å². The lowest BCUT2D eigenvalue weighted by molar-refractivity contribution is -0.361. The Balaban J connectivity index is 3.02. The fourth-order valence-electron chi connectivity index (χ4n) is 0.759. The summed E-state index contributed by atoms with van der Waals surface area (Å²) in [7, 11) is 0. The quantitative estimate of drug-likeness (QED) is 0.733. The number of rotatable bonds is 2. The van der Waals surface area contributed by atoms with E-state index in [1.807, 2.05) is 0 Å². The van der Waals surface area contributed by atoms with Gasteiger partial charge in [-0.3, -0.25) is 0 Å². The van der Waals surface area contributed by atoms with Crippen molar-refractivity contribution in [3.8, 4) is 5.75 Å². The standard InChI is InChI=1S/C8H3ClF6O/c9-4-2-1-3-5(6(4)10)16-8(14,15)7(11,12)13/h1-3H. The van der Waals surface area contributed by atoms with Gasteiger partial charge in [0.1, 0.15) is 0 Å². The number of benzene rings is 1. The summed E-state index contributed by atoms with van der Waals surface area (Å²) in [5.74, 6) is -2.75. The van der Waals surface area contributed by atoms with Crippen LogP contribution >= 0.6 is 11.6 Å². The third-order valence-corrected chi connectivity index (χ3v) is 1.78. The van der Waals surface area contributed by atoms with Crippen LogP contribution < -0.4 is 4.74 Å². The molecule has 0 aliphatic rings. The molecule has 1 rings (SSSR count). The first-order valence-corrected chi connectivity index (χ1v) is 4.10. The molecule has 90 valence electrons. The molecule has 0 unspecified atom stereocenters. The number of ether oxygens (including phenoxy) is 1. The summed E-state index contributed by atoms with van der Waals surface area (Å²) in [4.78, 5) is 0. The van der Waals surface area contributed by atoms with Crippen LogP contribution in [0.3, 0.4) is 0 Å². The van der Waals surface area contributed by atoms with Crippen molar-refractivity contribution in [3.63, 3.8) is 0 Å². The van der Waals surface area contributed by atoms with Gasteiger partial charge >= 0.3 is 12.3 Å². The highest BCUT2D eigenvalue weighted by Crippen LogP contribution is 2.38. The van der Waals surface area contributed by atoms with Crippen molar-refractivity contribution in [3.05, 3.63) is 29.0 Å². The van der Waals surface area contributed by atoms with Gasteiger partial charge in [-0.15, -0.1) is 0 Å². The van der Waals surface area contributed by atoms with E-state index in [2.05, 4.69) is 4.74 Å². The number of halogens is 7. The molecule has 0 atom stereocenters. The summed E-state index contributed by atoms with van der Waals surface area (Å²) in [5.41, 5.74) is 0. The van der Waals surface area contributed by atoms with E-state index in [0.29, 0.717) is 6.07 Å². The van der Waals surface area contributed by atoms with Crippen molar-refractivity contribution in [2.45, 2.75) is 12.3 Å². The molecule has 0 saturated carbocycles. The maximum Gasteiger partial charge on any atom is 0.499 e. The summed E-state index contributed by atoms with van der Waals surface area (Å²) in [5, 5.41) is -0.615. The SMILES string of the molecule is Fc1c(Cl)cccc1OC(F)(F)C(F)(F)F. The van der Waals surface area contributed by atoms with Crippen LogP contribution in [0, 0.1) is 5.82 Å². The van der Waals surface area contributed by atoms with E-state index in [1.54, 1.807) is 0 Å². The molecule has 0 saturated heterocycles. The van der Waals surface area contributed by atoms with Gasteiger partial charge in [0.15, 0.2) is 11.6 Å². The molecule has 0 aliphatic carbocycles. The molecule has 0 spiro atoms. The first-order valence-electron chi connectivity index (χ1n) is 3.73. The van der Waals surface area contributed by atoms with Gasteiger partial charge in [-0.2, -0.15) is 22.0 Å². The van der Waals surface area contributed by atoms with Gasteiger partial charge in [-0.05, 0) is 12.1 Å². The molecule has 1 aromatic rings. The Kier molecular flexibility index (Phi) is 3.27. The van der Waals surface area contributed by atoms with Gasteiger partial charge in [0.2, 0.25) is 0 Å². The normalized spacial score (nSPS) is 12.7. The summed E-state index contributed by atoms with van der Waals surface area (Å²) in [6.07, 6.45) is -11.4. The van der Waals surface area contributed by atoms with Crippen LogP contribution in [0.2, 0.25) is 5.02 Å². The highest BCUT2D eigenvalue weighted by atomic mass is 35.5. The predicted octanol–water partition coefficient (Wildman–Crippen LogP) is 4.01. The molecular weight excluding hydrogens is 262 g/mol. The molecule has 0 fully saturated rings. The third-order valence-electron chi connectivity index (χ3n) is 1.48. The average molecular weight is 265 g/mol. The summed E-state index contributed by atoms with van der Waals surface area (Å²) < 4.78 is 76.1. The molecule has 0 aromatic heterocycles. The maximum absolute atomic E-state index is 13.0. The topological polar surface area (TPSA) is 9.23 Å². The molecule has 1 aromatic carbocycles. The predicted molar refractivity (Wildman–Crippen MR) is 43.0 cm³/mol. The zero-order chi connectivity index (χ0) is 12.6. The lowest BCUT2D eigenvalue weighted by atomic mass is 10.3. The lowest BCUT2D eigenvalue weighted by Gasteiger charge is -2.20. The van der Waals surface area contributed by atoms with Crippen molar-refractivity contribution in [1.29, 1.82) is 0 Å². The smallest absolute Gasteiger partial charge is 0.423 e. The van der Waals surface area contributed by atoms with E-state index in [4.69, 9.17) is 11.6 Å². The highest BCUT2D eigenvalue weighted by Gasteiger charge is 2.61. The summed E-state index contributed by atoms with van der Waals surface area (Å²) in [6.45, 7) is 0. The lowest BCUT2D eigenvalue weighted by Crippen LogP contribution is -2.42. The number of alkyl halides is 5. The van der Waals surface area contributed by atoms with Gasteiger partial charge in [0.05, 0.1) is 5.02 Å². The second-order valence-electron chi connectivity index (χ2n) is 2.67. The maximum atomic E-state index is 13.0. The van der Waals surface area contributed by atoms with Crippen LogP contribution in [-0.2, 0) is 0 Å². The number of hydrogen-bond acceptors (Lipinski definition) is 1. The van der Waals surface area contributed by atoms with Crippen molar-refractivity contribution < 1.29 is 31.1 Å². The molecule has 16 heavy (non-hydrogen) atoms. The van der Waals surface area contributed by atoms with Crippen LogP contribution in [0.1, 0.15) is 0 Å². The Bertz CT molecular complexity index is 389. The fraction of sp³-hybridized carbons (Fsp3) is 0.250. The van der Waals surface area contributed by atoms with E-state index in [1.165, 1.54) is 0 Å². The van der Waals surface area contributed by atoms with Crippen LogP contribution in [0.5, 0.6) is 5.75 Å². The fourth-order valence-corrected chi connectivity index (χ4v) is 0.925. The Morgan fingerprint density at radius 3 is 2.12 bits per heavy atom. The zero-order valence-electron chi connectivity index (χ0n) is 7.29. The van der Waals surface area contributed by atoms with Crippen molar-refractivity contribution in [1.82, 2.24) is 0 Å². The molecule has 0 heterocycles. The van der Waals surface area contributed by atoms with Gasteiger partial charge in [-0.1, -0.05) is 17.7 Å². The average Bonchev–Trinajstić information content (AvgIpc) is 2.11. The summed E-state index contributed by atoms with van der Waals surface area (Å²) >= 11 is 5.18. The Morgan fingerprint density at radius 1 is 1.06 bits per heavy atom. The molecule has 0 N–H and O–H groups in total. The van der Waals surface area contributed by atoms with Gasteiger partial charge < -0.3 is 4.74 Å². The molecule has 0 amide bonds. The molecule has 8 heteroatoms. The largest absolute Gasteiger partial charge is 0.499 e. The Morgan fingerprint density at radius 2 is 1.62 bits per heavy atom.